The number of anilines is 12. The Morgan fingerprint density at radius 1 is 0.194 bits per heavy atom. The van der Waals surface area contributed by atoms with Crippen LogP contribution in [0.25, 0.3) is 87.2 Å². The molecule has 17 rings (SSSR count). The van der Waals surface area contributed by atoms with Crippen molar-refractivity contribution in [2.75, 3.05) is 19.6 Å². The van der Waals surface area contributed by atoms with E-state index in [1.807, 2.05) is 54.6 Å². The number of rotatable bonds is 15. The van der Waals surface area contributed by atoms with Gasteiger partial charge >= 0.3 is 0 Å². The van der Waals surface area contributed by atoms with Gasteiger partial charge in [0.05, 0.1) is 34.6 Å². The summed E-state index contributed by atoms with van der Waals surface area (Å²) in [6.45, 7) is 0. The monoisotopic (exact) mass is 1250 g/mol. The van der Waals surface area contributed by atoms with Gasteiger partial charge < -0.3 is 19.6 Å². The van der Waals surface area contributed by atoms with Crippen molar-refractivity contribution in [3.05, 3.63) is 375 Å². The topological polar surface area (TPSA) is 60.5 Å². The van der Waals surface area contributed by atoms with Crippen LogP contribution in [0.1, 0.15) is 11.1 Å². The van der Waals surface area contributed by atoms with E-state index in [4.69, 9.17) is 0 Å². The molecule has 0 aromatic heterocycles. The summed E-state index contributed by atoms with van der Waals surface area (Å²) in [5.41, 5.74) is 20.4. The zero-order valence-electron chi connectivity index (χ0n) is 53.3. The van der Waals surface area contributed by atoms with Crippen molar-refractivity contribution in [2.24, 2.45) is 0 Å². The first-order valence-electron chi connectivity index (χ1n) is 33.0. The fourth-order valence-electron chi connectivity index (χ4n) is 14.5. The lowest BCUT2D eigenvalue weighted by molar-refractivity contribution is 1.29. The second kappa shape index (κ2) is 25.1. The molecular formula is C92H60N6. The molecule has 6 heteroatoms. The van der Waals surface area contributed by atoms with Crippen molar-refractivity contribution in [3.63, 3.8) is 0 Å². The molecule has 0 fully saturated rings. The second-order valence-corrected chi connectivity index (χ2v) is 24.6. The van der Waals surface area contributed by atoms with Gasteiger partial charge in [-0.15, -0.1) is 0 Å². The predicted molar refractivity (Wildman–Crippen MR) is 410 cm³/mol. The minimum Gasteiger partial charge on any atom is -0.310 e. The quantitative estimate of drug-likeness (QED) is 0.0753. The molecule has 0 aliphatic rings. The van der Waals surface area contributed by atoms with E-state index in [0.717, 1.165) is 117 Å². The Labute approximate surface area is 569 Å². The number of hydrogen-bond donors (Lipinski definition) is 0. The Balaban J connectivity index is 0.762. The molecule has 0 spiro atoms. The lowest BCUT2D eigenvalue weighted by Crippen LogP contribution is -2.11. The van der Waals surface area contributed by atoms with Crippen LogP contribution in [0.2, 0.25) is 0 Å². The van der Waals surface area contributed by atoms with Crippen LogP contribution in [0.3, 0.4) is 0 Å². The second-order valence-electron chi connectivity index (χ2n) is 24.6. The molecule has 0 saturated heterocycles. The summed E-state index contributed by atoms with van der Waals surface area (Å²) < 4.78 is 0. The van der Waals surface area contributed by atoms with Gasteiger partial charge in [-0.1, -0.05) is 206 Å². The predicted octanol–water partition coefficient (Wildman–Crippen LogP) is 25.5. The fourth-order valence-corrected chi connectivity index (χ4v) is 14.5. The fraction of sp³-hybridized carbons (Fsp3) is 0. The van der Waals surface area contributed by atoms with Crippen LogP contribution in [0.15, 0.2) is 364 Å². The molecule has 0 N–H and O–H groups in total. The Morgan fingerprint density at radius 2 is 0.459 bits per heavy atom. The molecule has 0 radical (unpaired) electrons. The minimum absolute atomic E-state index is 0.597. The highest BCUT2D eigenvalue weighted by Crippen LogP contribution is 2.51. The maximum atomic E-state index is 9.99. The molecule has 0 bridgehead atoms. The highest BCUT2D eigenvalue weighted by atomic mass is 15.2. The summed E-state index contributed by atoms with van der Waals surface area (Å²) >= 11 is 0. The Hall–Kier alpha value is -13.5. The first kappa shape index (κ1) is 58.3. The molecule has 458 valence electrons. The van der Waals surface area contributed by atoms with Crippen LogP contribution in [-0.4, -0.2) is 0 Å². The van der Waals surface area contributed by atoms with E-state index in [2.05, 4.69) is 341 Å². The Morgan fingerprint density at radius 3 is 0.796 bits per heavy atom. The minimum atomic E-state index is 0.597. The van der Waals surface area contributed by atoms with Crippen molar-refractivity contribution in [1.82, 2.24) is 0 Å². The van der Waals surface area contributed by atoms with Crippen LogP contribution >= 0.6 is 0 Å². The zero-order chi connectivity index (χ0) is 65.5. The summed E-state index contributed by atoms with van der Waals surface area (Å²) in [7, 11) is 0. The van der Waals surface area contributed by atoms with E-state index in [1.165, 1.54) is 38.1 Å². The molecule has 0 heterocycles. The molecule has 0 amide bonds. The molecule has 0 unspecified atom stereocenters. The SMILES string of the molecule is N#Cc1ccc(N(c2ccccc2)c2ccc3ccc4c(N(c5ccc(C#N)cc5)c5ccc(-c6ccc(N(c7ccccc7)c7ccc8c(-c9ccccc9)c9cc(N(c%10ccccc%10)c%10ccccc%10)ccc9c(-c9ccccc9)c8c7)cc6)cc5)ccc5ccc2c3c54)cc1. The molecule has 17 aromatic carbocycles. The number of para-hydroxylation sites is 4. The van der Waals surface area contributed by atoms with Gasteiger partial charge in [-0.3, -0.25) is 0 Å². The molecule has 17 aromatic rings. The van der Waals surface area contributed by atoms with Crippen LogP contribution in [0.4, 0.5) is 68.2 Å². The summed E-state index contributed by atoms with van der Waals surface area (Å²) in [6, 6.07) is 134. The standard InChI is InChI=1S/C92H60N6/c93-61-63-31-43-76(44-32-63)97(74-29-17-6-18-30-74)87-57-41-69-40-54-84-88(58-42-70-39-53-83(87)91(69)92(70)84)98(77-45-33-64(62-94)34-46-77)78-49-37-66(38-50-78)65-35-47-75(48-36-65)96(73-27-15-5-16-28-73)80-52-56-82-86(60-80)90(68-21-9-2-10-22-68)81-55-51-79(59-85(81)89(82)67-19-7-1-8-20-67)95(71-23-11-3-12-24-71)72-25-13-4-14-26-72/h1-60H. The molecule has 6 nitrogen and oxygen atoms in total. The molecule has 0 aliphatic carbocycles. The van der Waals surface area contributed by atoms with E-state index in [0.29, 0.717) is 11.1 Å². The van der Waals surface area contributed by atoms with E-state index in [9.17, 15) is 10.5 Å². The largest absolute Gasteiger partial charge is 0.310 e. The number of nitrogens with zero attached hydrogens (tertiary/aromatic N) is 6. The average Bonchev–Trinajstić information content (AvgIpc) is 0.725. The van der Waals surface area contributed by atoms with Crippen molar-refractivity contribution in [3.8, 4) is 45.5 Å². The van der Waals surface area contributed by atoms with E-state index >= 15 is 0 Å². The highest BCUT2D eigenvalue weighted by Gasteiger charge is 2.25. The number of benzene rings is 17. The van der Waals surface area contributed by atoms with Crippen LogP contribution in [0.5, 0.6) is 0 Å². The van der Waals surface area contributed by atoms with Crippen LogP contribution in [0, 0.1) is 22.7 Å². The van der Waals surface area contributed by atoms with Gasteiger partial charge in [0.2, 0.25) is 0 Å². The molecular weight excluding hydrogens is 1190 g/mol. The third-order valence-electron chi connectivity index (χ3n) is 19.0. The van der Waals surface area contributed by atoms with Crippen LogP contribution in [-0.2, 0) is 0 Å². The number of fused-ring (bicyclic) bond motifs is 2. The number of hydrogen-bond acceptors (Lipinski definition) is 6. The van der Waals surface area contributed by atoms with Gasteiger partial charge in [0.25, 0.3) is 0 Å². The first-order valence-corrected chi connectivity index (χ1v) is 33.0. The molecule has 0 saturated carbocycles. The lowest BCUT2D eigenvalue weighted by atomic mass is 9.85. The van der Waals surface area contributed by atoms with Gasteiger partial charge in [0, 0.05) is 67.6 Å². The summed E-state index contributed by atoms with van der Waals surface area (Å²) in [5.74, 6) is 0. The third kappa shape index (κ3) is 10.5. The van der Waals surface area contributed by atoms with E-state index in [-0.39, 0.29) is 0 Å². The summed E-state index contributed by atoms with van der Waals surface area (Å²) in [4.78, 5) is 9.31. The zero-order valence-corrected chi connectivity index (χ0v) is 53.3. The lowest BCUT2D eigenvalue weighted by Gasteiger charge is -2.29. The normalized spacial score (nSPS) is 11.2. The first-order chi connectivity index (χ1) is 48.5. The van der Waals surface area contributed by atoms with Crippen molar-refractivity contribution >= 4 is 122 Å². The van der Waals surface area contributed by atoms with Gasteiger partial charge in [0.1, 0.15) is 0 Å². The third-order valence-corrected chi connectivity index (χ3v) is 19.0. The molecule has 0 atom stereocenters. The maximum Gasteiger partial charge on any atom is 0.0991 e. The molecule has 98 heavy (non-hydrogen) atoms. The molecule has 0 aliphatic heterocycles. The average molecular weight is 1250 g/mol. The summed E-state index contributed by atoms with van der Waals surface area (Å²) in [6.07, 6.45) is 0. The highest BCUT2D eigenvalue weighted by molar-refractivity contribution is 6.28. The Bertz CT molecular complexity index is 5800. The smallest absolute Gasteiger partial charge is 0.0991 e. The van der Waals surface area contributed by atoms with Crippen molar-refractivity contribution in [1.29, 1.82) is 10.5 Å². The van der Waals surface area contributed by atoms with Crippen LogP contribution < -0.4 is 19.6 Å². The summed E-state index contributed by atoms with van der Waals surface area (Å²) in [5, 5.41) is 31.2. The van der Waals surface area contributed by atoms with E-state index in [1.54, 1.807) is 0 Å². The number of nitriles is 2. The van der Waals surface area contributed by atoms with Crippen molar-refractivity contribution in [2.45, 2.75) is 0 Å². The Kier molecular flexibility index (Phi) is 14.9. The van der Waals surface area contributed by atoms with E-state index < -0.39 is 0 Å². The van der Waals surface area contributed by atoms with Gasteiger partial charge in [-0.2, -0.15) is 10.5 Å². The van der Waals surface area contributed by atoms with Gasteiger partial charge in [-0.25, -0.2) is 0 Å². The van der Waals surface area contributed by atoms with Crippen molar-refractivity contribution < 1.29 is 0 Å². The maximum absolute atomic E-state index is 9.99. The van der Waals surface area contributed by atoms with Gasteiger partial charge in [-0.05, 0) is 234 Å². The van der Waals surface area contributed by atoms with Gasteiger partial charge in [0.15, 0.2) is 0 Å².